The topological polar surface area (TPSA) is 85.2 Å². The number of carbonyl (C=O) groups is 2. The van der Waals surface area contributed by atoms with Gasteiger partial charge in [-0.05, 0) is 68.0 Å². The zero-order valence-corrected chi connectivity index (χ0v) is 22.9. The molecule has 1 N–H and O–H groups in total. The van der Waals surface area contributed by atoms with Crippen molar-refractivity contribution in [1.82, 2.24) is 0 Å². The number of aliphatic hydroxyl groups is 1. The lowest BCUT2D eigenvalue weighted by Gasteiger charge is -2.11. The maximum atomic E-state index is 13.2. The van der Waals surface area contributed by atoms with Gasteiger partial charge in [-0.15, -0.1) is 0 Å². The van der Waals surface area contributed by atoms with Crippen molar-refractivity contribution in [3.8, 4) is 5.75 Å². The van der Waals surface area contributed by atoms with Gasteiger partial charge in [0.2, 0.25) is 0 Å². The maximum Gasteiger partial charge on any atom is 0.344 e. The molecule has 0 saturated carbocycles. The smallest absolute Gasteiger partial charge is 0.344 e. The number of aliphatic hydroxyl groups excluding tert-OH is 1. The molecule has 38 heavy (non-hydrogen) atoms. The fraction of sp³-hybridized carbons (Fsp3) is 0.138. The normalized spacial score (nSPS) is 15.3. The molecule has 3 aromatic rings. The van der Waals surface area contributed by atoms with E-state index in [2.05, 4.69) is 20.9 Å². The van der Waals surface area contributed by atoms with Gasteiger partial charge in [-0.25, -0.2) is 14.2 Å². The summed E-state index contributed by atoms with van der Waals surface area (Å²) in [6.45, 7) is 3.84. The molecule has 0 atom stereocenters. The first kappa shape index (κ1) is 27.3. The number of esters is 1. The van der Waals surface area contributed by atoms with E-state index in [1.165, 1.54) is 12.1 Å². The van der Waals surface area contributed by atoms with Crippen molar-refractivity contribution < 1.29 is 28.6 Å². The summed E-state index contributed by atoms with van der Waals surface area (Å²) >= 11 is 4.43. The molecule has 0 aromatic heterocycles. The predicted octanol–water partition coefficient (Wildman–Crippen LogP) is 7.18. The summed E-state index contributed by atoms with van der Waals surface area (Å²) in [4.78, 5) is 30.0. The number of hydrogen-bond donors (Lipinski definition) is 1. The van der Waals surface area contributed by atoms with Crippen LogP contribution >= 0.6 is 27.7 Å². The van der Waals surface area contributed by atoms with Crippen molar-refractivity contribution in [2.45, 2.75) is 20.5 Å². The van der Waals surface area contributed by atoms with Crippen LogP contribution in [0.15, 0.2) is 92.4 Å². The highest BCUT2D eigenvalue weighted by Gasteiger charge is 2.34. The van der Waals surface area contributed by atoms with Gasteiger partial charge < -0.3 is 14.6 Å². The quantitative estimate of drug-likeness (QED) is 0.291. The highest BCUT2D eigenvalue weighted by Crippen LogP contribution is 2.40. The number of ether oxygens (including phenoxy) is 2. The number of aliphatic imine (C=N–C) groups is 1. The Balaban J connectivity index is 1.68. The summed E-state index contributed by atoms with van der Waals surface area (Å²) in [5.41, 5.74) is 2.55. The first-order chi connectivity index (χ1) is 18.2. The molecular formula is C29H23BrFNO5S. The molecule has 3 aromatic carbocycles. The number of carbonyl (C=O) groups excluding carboxylic acids is 2. The molecule has 6 nitrogen and oxygen atoms in total. The molecule has 1 aliphatic heterocycles. The van der Waals surface area contributed by atoms with Gasteiger partial charge in [-0.3, -0.25) is 4.79 Å². The third-order valence-corrected chi connectivity index (χ3v) is 6.95. The van der Waals surface area contributed by atoms with Crippen LogP contribution in [-0.2, 0) is 16.1 Å². The molecule has 0 aliphatic carbocycles. The van der Waals surface area contributed by atoms with Crippen LogP contribution in [0.3, 0.4) is 0 Å². The van der Waals surface area contributed by atoms with Crippen LogP contribution in [0.25, 0.3) is 6.08 Å². The van der Waals surface area contributed by atoms with E-state index in [1.807, 2.05) is 6.92 Å². The molecule has 1 amide bonds. The number of aryl methyl sites for hydroxylation is 1. The van der Waals surface area contributed by atoms with Crippen LogP contribution in [-0.4, -0.2) is 28.6 Å². The molecule has 0 fully saturated rings. The average molecular weight is 596 g/mol. The fourth-order valence-electron chi connectivity index (χ4n) is 3.49. The molecule has 0 saturated heterocycles. The van der Waals surface area contributed by atoms with E-state index >= 15 is 0 Å². The zero-order chi connectivity index (χ0) is 27.2. The zero-order valence-electron chi connectivity index (χ0n) is 20.5. The summed E-state index contributed by atoms with van der Waals surface area (Å²) in [6, 6.07) is 18.2. The molecule has 1 aliphatic rings. The Hall–Kier alpha value is -3.69. The lowest BCUT2D eigenvalue weighted by molar-refractivity contribution is -0.138. The molecule has 9 heteroatoms. The molecule has 194 valence electrons. The van der Waals surface area contributed by atoms with E-state index in [9.17, 15) is 19.1 Å². The Morgan fingerprint density at radius 2 is 1.79 bits per heavy atom. The second kappa shape index (κ2) is 12.2. The molecule has 1 heterocycles. The minimum atomic E-state index is -0.779. The van der Waals surface area contributed by atoms with Crippen molar-refractivity contribution in [2.75, 3.05) is 6.61 Å². The van der Waals surface area contributed by atoms with Crippen LogP contribution in [0.5, 0.6) is 5.75 Å². The lowest BCUT2D eigenvalue weighted by Crippen LogP contribution is -2.14. The fourth-order valence-corrected chi connectivity index (χ4v) is 4.87. The second-order valence-corrected chi connectivity index (χ2v) is 10.2. The standard InChI is InChI=1S/C29H23BrFNO5S/c1-3-36-29(35)25-26(33)24(38-28(25)32-27(34)19-8-4-17(2)5-9-19)15-20-14-21(30)10-13-23(20)37-16-18-6-11-22(31)12-7-18/h4-15,33H,3,16H2,1-2H3/b24-15-,32-28?. The van der Waals surface area contributed by atoms with Crippen LogP contribution in [0.1, 0.15) is 34.0 Å². The second-order valence-electron chi connectivity index (χ2n) is 8.24. The molecule has 4 rings (SSSR count). The van der Waals surface area contributed by atoms with Gasteiger partial charge in [0.05, 0.1) is 11.5 Å². The van der Waals surface area contributed by atoms with Gasteiger partial charge in [0.25, 0.3) is 5.91 Å². The van der Waals surface area contributed by atoms with E-state index in [-0.39, 0.29) is 35.4 Å². The first-order valence-electron chi connectivity index (χ1n) is 11.6. The number of amides is 1. The Morgan fingerprint density at radius 3 is 2.47 bits per heavy atom. The number of thioether (sulfide) groups is 1. The van der Waals surface area contributed by atoms with Crippen molar-refractivity contribution in [3.63, 3.8) is 0 Å². The number of rotatable bonds is 7. The number of halogens is 2. The molecule has 0 unspecified atom stereocenters. The van der Waals surface area contributed by atoms with Crippen LogP contribution in [0.4, 0.5) is 4.39 Å². The van der Waals surface area contributed by atoms with Crippen molar-refractivity contribution in [3.05, 3.63) is 116 Å². The van der Waals surface area contributed by atoms with Crippen LogP contribution in [0, 0.1) is 12.7 Å². The molecule has 0 bridgehead atoms. The molecular weight excluding hydrogens is 573 g/mol. The summed E-state index contributed by atoms with van der Waals surface area (Å²) < 4.78 is 25.1. The highest BCUT2D eigenvalue weighted by atomic mass is 79.9. The monoisotopic (exact) mass is 595 g/mol. The van der Waals surface area contributed by atoms with Gasteiger partial charge >= 0.3 is 5.97 Å². The minimum Gasteiger partial charge on any atom is -0.506 e. The predicted molar refractivity (Wildman–Crippen MR) is 150 cm³/mol. The van der Waals surface area contributed by atoms with Crippen LogP contribution in [0.2, 0.25) is 0 Å². The van der Waals surface area contributed by atoms with E-state index in [1.54, 1.807) is 67.6 Å². The number of benzene rings is 3. The lowest BCUT2D eigenvalue weighted by atomic mass is 10.1. The van der Waals surface area contributed by atoms with E-state index in [0.717, 1.165) is 27.4 Å². The van der Waals surface area contributed by atoms with Crippen molar-refractivity contribution in [1.29, 1.82) is 0 Å². The molecule has 0 radical (unpaired) electrons. The van der Waals surface area contributed by atoms with Crippen molar-refractivity contribution in [2.24, 2.45) is 4.99 Å². The van der Waals surface area contributed by atoms with Crippen LogP contribution < -0.4 is 4.74 Å². The SMILES string of the molecule is CCOC(=O)C1=C(O)/C(=C/c2cc(Br)ccc2OCc2ccc(F)cc2)SC1=NC(=O)c1ccc(C)cc1. The third kappa shape index (κ3) is 6.59. The minimum absolute atomic E-state index is 0.0431. The first-order valence-corrected chi connectivity index (χ1v) is 13.2. The number of nitrogens with zero attached hydrogens (tertiary/aromatic N) is 1. The Bertz CT molecular complexity index is 1460. The van der Waals surface area contributed by atoms with E-state index < -0.39 is 11.9 Å². The summed E-state index contributed by atoms with van der Waals surface area (Å²) in [7, 11) is 0. The van der Waals surface area contributed by atoms with E-state index in [0.29, 0.717) is 21.8 Å². The summed E-state index contributed by atoms with van der Waals surface area (Å²) in [5, 5.41) is 11.0. The van der Waals surface area contributed by atoms with Gasteiger partial charge in [0.1, 0.15) is 34.5 Å². The number of hydrogen-bond acceptors (Lipinski definition) is 6. The Morgan fingerprint density at radius 1 is 1.08 bits per heavy atom. The van der Waals surface area contributed by atoms with Gasteiger partial charge in [0.15, 0.2) is 0 Å². The van der Waals surface area contributed by atoms with Crippen molar-refractivity contribution >= 4 is 50.7 Å². The Labute approximate surface area is 232 Å². The average Bonchev–Trinajstić information content (AvgIpc) is 3.19. The molecule has 0 spiro atoms. The van der Waals surface area contributed by atoms with E-state index in [4.69, 9.17) is 9.47 Å². The van der Waals surface area contributed by atoms with Gasteiger partial charge in [-0.2, -0.15) is 0 Å². The maximum absolute atomic E-state index is 13.2. The highest BCUT2D eigenvalue weighted by molar-refractivity contribution is 9.10. The van der Waals surface area contributed by atoms with Gasteiger partial charge in [0, 0.05) is 15.6 Å². The third-order valence-electron chi connectivity index (χ3n) is 5.44. The summed E-state index contributed by atoms with van der Waals surface area (Å²) in [5.74, 6) is -1.50. The Kier molecular flexibility index (Phi) is 8.81. The largest absolute Gasteiger partial charge is 0.506 e. The van der Waals surface area contributed by atoms with Gasteiger partial charge in [-0.1, -0.05) is 57.5 Å². The summed E-state index contributed by atoms with van der Waals surface area (Å²) in [6.07, 6.45) is 1.64.